The highest BCUT2D eigenvalue weighted by Crippen LogP contribution is 2.39. The van der Waals surface area contributed by atoms with Gasteiger partial charge in [-0.1, -0.05) is 59.6 Å². The van der Waals surface area contributed by atoms with Crippen molar-refractivity contribution in [3.8, 4) is 0 Å². The normalized spacial score (nSPS) is 23.5. The summed E-state index contributed by atoms with van der Waals surface area (Å²) in [6.45, 7) is 0. The van der Waals surface area contributed by atoms with Gasteiger partial charge in [0.05, 0.1) is 0 Å². The minimum atomic E-state index is 0.103. The number of carbonyl (C=O) groups excluding carboxylic acids is 1. The molecule has 2 heteroatoms. The molecule has 2 atom stereocenters. The SMILES string of the molecule is O=C1c2ccccc2CC[C@H]1C1=CC[C@@H](c2ccc(Cl)cc2)CC1. The van der Waals surface area contributed by atoms with Crippen LogP contribution in [0.2, 0.25) is 5.02 Å². The van der Waals surface area contributed by atoms with E-state index in [1.807, 2.05) is 30.3 Å². The molecule has 0 spiro atoms. The first kappa shape index (κ1) is 15.7. The van der Waals surface area contributed by atoms with Crippen LogP contribution >= 0.6 is 11.6 Å². The predicted molar refractivity (Wildman–Crippen MR) is 98.7 cm³/mol. The number of benzene rings is 2. The summed E-state index contributed by atoms with van der Waals surface area (Å²) in [5.74, 6) is 0.983. The fourth-order valence-corrected chi connectivity index (χ4v) is 4.29. The lowest BCUT2D eigenvalue weighted by atomic mass is 9.74. The first-order valence-corrected chi connectivity index (χ1v) is 9.16. The van der Waals surface area contributed by atoms with Crippen LogP contribution < -0.4 is 0 Å². The lowest BCUT2D eigenvalue weighted by molar-refractivity contribution is 0.0921. The van der Waals surface area contributed by atoms with E-state index in [1.165, 1.54) is 16.7 Å². The van der Waals surface area contributed by atoms with Crippen molar-refractivity contribution in [1.82, 2.24) is 0 Å². The first-order valence-electron chi connectivity index (χ1n) is 8.79. The molecule has 0 aromatic heterocycles. The van der Waals surface area contributed by atoms with Crippen molar-refractivity contribution in [3.63, 3.8) is 0 Å². The fourth-order valence-electron chi connectivity index (χ4n) is 4.16. The highest BCUT2D eigenvalue weighted by Gasteiger charge is 2.31. The number of aryl methyl sites for hydroxylation is 1. The minimum absolute atomic E-state index is 0.103. The van der Waals surface area contributed by atoms with E-state index in [4.69, 9.17) is 11.6 Å². The zero-order chi connectivity index (χ0) is 16.5. The lowest BCUT2D eigenvalue weighted by Gasteiger charge is -2.30. The second kappa shape index (κ2) is 6.57. The van der Waals surface area contributed by atoms with E-state index in [1.54, 1.807) is 0 Å². The molecule has 4 rings (SSSR count). The van der Waals surface area contributed by atoms with Crippen molar-refractivity contribution in [1.29, 1.82) is 0 Å². The van der Waals surface area contributed by atoms with Crippen LogP contribution in [-0.4, -0.2) is 5.78 Å². The van der Waals surface area contributed by atoms with Gasteiger partial charge < -0.3 is 0 Å². The van der Waals surface area contributed by atoms with Crippen LogP contribution in [0, 0.1) is 5.92 Å². The lowest BCUT2D eigenvalue weighted by Crippen LogP contribution is -2.25. The summed E-state index contributed by atoms with van der Waals surface area (Å²) in [5.41, 5.74) is 4.87. The summed E-state index contributed by atoms with van der Waals surface area (Å²) in [4.78, 5) is 12.8. The van der Waals surface area contributed by atoms with Crippen LogP contribution in [0.4, 0.5) is 0 Å². The van der Waals surface area contributed by atoms with Gasteiger partial charge in [-0.3, -0.25) is 4.79 Å². The van der Waals surface area contributed by atoms with Gasteiger partial charge in [-0.05, 0) is 61.3 Å². The molecule has 2 aliphatic rings. The van der Waals surface area contributed by atoms with Crippen LogP contribution in [0.1, 0.15) is 53.1 Å². The topological polar surface area (TPSA) is 17.1 Å². The van der Waals surface area contributed by atoms with Gasteiger partial charge in [-0.25, -0.2) is 0 Å². The largest absolute Gasteiger partial charge is 0.293 e. The van der Waals surface area contributed by atoms with Gasteiger partial charge in [0.25, 0.3) is 0 Å². The average molecular weight is 337 g/mol. The second-order valence-corrected chi connectivity index (χ2v) is 7.35. The number of ketones is 1. The molecule has 1 nitrogen and oxygen atoms in total. The van der Waals surface area contributed by atoms with Crippen molar-refractivity contribution >= 4 is 17.4 Å². The number of Topliss-reactive ketones (excluding diaryl/α,β-unsaturated/α-hetero) is 1. The Labute approximate surface area is 148 Å². The van der Waals surface area contributed by atoms with E-state index in [2.05, 4.69) is 24.3 Å². The van der Waals surface area contributed by atoms with Gasteiger partial charge in [0, 0.05) is 16.5 Å². The van der Waals surface area contributed by atoms with E-state index in [-0.39, 0.29) is 5.92 Å². The number of hydrogen-bond acceptors (Lipinski definition) is 1. The molecule has 0 heterocycles. The van der Waals surface area contributed by atoms with Crippen molar-refractivity contribution in [2.45, 2.75) is 38.0 Å². The van der Waals surface area contributed by atoms with E-state index in [0.29, 0.717) is 11.7 Å². The number of allylic oxidation sites excluding steroid dienone is 2. The Hall–Kier alpha value is -1.86. The van der Waals surface area contributed by atoms with Crippen molar-refractivity contribution in [2.24, 2.45) is 5.92 Å². The Bertz CT molecular complexity index is 788. The molecule has 0 fully saturated rings. The molecule has 24 heavy (non-hydrogen) atoms. The summed E-state index contributed by atoms with van der Waals surface area (Å²) in [7, 11) is 0. The molecule has 2 aromatic carbocycles. The Kier molecular flexibility index (Phi) is 4.28. The van der Waals surface area contributed by atoms with Crippen molar-refractivity contribution < 1.29 is 4.79 Å². The summed E-state index contributed by atoms with van der Waals surface area (Å²) in [5, 5.41) is 0.789. The molecule has 0 unspecified atom stereocenters. The van der Waals surface area contributed by atoms with Crippen LogP contribution in [0.15, 0.2) is 60.2 Å². The van der Waals surface area contributed by atoms with Crippen molar-refractivity contribution in [2.75, 3.05) is 0 Å². The molecule has 0 saturated carbocycles. The number of fused-ring (bicyclic) bond motifs is 1. The number of rotatable bonds is 2. The summed E-state index contributed by atoms with van der Waals surface area (Å²) in [6, 6.07) is 16.3. The van der Waals surface area contributed by atoms with Crippen LogP contribution in [0.25, 0.3) is 0 Å². The Morgan fingerprint density at radius 1 is 0.917 bits per heavy atom. The molecule has 0 aliphatic heterocycles. The first-order chi connectivity index (χ1) is 11.7. The molecule has 0 N–H and O–H groups in total. The third-order valence-corrected chi connectivity index (χ3v) is 5.79. The molecular formula is C22H21ClO. The van der Waals surface area contributed by atoms with Crippen molar-refractivity contribution in [3.05, 3.63) is 81.9 Å². The van der Waals surface area contributed by atoms with Gasteiger partial charge >= 0.3 is 0 Å². The Morgan fingerprint density at radius 3 is 2.46 bits per heavy atom. The van der Waals surface area contributed by atoms with E-state index >= 15 is 0 Å². The van der Waals surface area contributed by atoms with Gasteiger partial charge in [0.15, 0.2) is 5.78 Å². The minimum Gasteiger partial charge on any atom is -0.293 e. The third-order valence-electron chi connectivity index (χ3n) is 5.54. The Morgan fingerprint density at radius 2 is 1.71 bits per heavy atom. The highest BCUT2D eigenvalue weighted by atomic mass is 35.5. The molecule has 0 saturated heterocycles. The fraction of sp³-hybridized carbons (Fsp3) is 0.318. The number of halogens is 1. The monoisotopic (exact) mass is 336 g/mol. The maximum Gasteiger partial charge on any atom is 0.170 e. The van der Waals surface area contributed by atoms with Crippen LogP contribution in [0.3, 0.4) is 0 Å². The van der Waals surface area contributed by atoms with Crippen LogP contribution in [-0.2, 0) is 6.42 Å². The molecule has 0 bridgehead atoms. The smallest absolute Gasteiger partial charge is 0.170 e. The maximum atomic E-state index is 12.8. The standard InChI is InChI=1S/C22H21ClO/c23-19-12-9-16(10-13-19)15-5-7-18(8-6-15)21-14-11-17-3-1-2-4-20(17)22(21)24/h1-4,7,9-10,12-13,15,21H,5-6,8,11,14H2/t15-,21+/m1/s1. The van der Waals surface area contributed by atoms with Gasteiger partial charge in [-0.2, -0.15) is 0 Å². The van der Waals surface area contributed by atoms with E-state index < -0.39 is 0 Å². The highest BCUT2D eigenvalue weighted by molar-refractivity contribution is 6.30. The molecular weight excluding hydrogens is 316 g/mol. The molecule has 122 valence electrons. The molecule has 0 amide bonds. The maximum absolute atomic E-state index is 12.8. The number of carbonyl (C=O) groups is 1. The second-order valence-electron chi connectivity index (χ2n) is 6.91. The molecule has 0 radical (unpaired) electrons. The molecule has 2 aromatic rings. The van der Waals surface area contributed by atoms with E-state index in [9.17, 15) is 4.79 Å². The van der Waals surface area contributed by atoms with Crippen LogP contribution in [0.5, 0.6) is 0 Å². The van der Waals surface area contributed by atoms with Gasteiger partial charge in [0.1, 0.15) is 0 Å². The summed E-state index contributed by atoms with van der Waals surface area (Å²) < 4.78 is 0. The predicted octanol–water partition coefficient (Wildman–Crippen LogP) is 5.98. The summed E-state index contributed by atoms with van der Waals surface area (Å²) >= 11 is 5.98. The van der Waals surface area contributed by atoms with Gasteiger partial charge in [0.2, 0.25) is 0 Å². The van der Waals surface area contributed by atoms with E-state index in [0.717, 1.165) is 42.7 Å². The third kappa shape index (κ3) is 2.93. The quantitative estimate of drug-likeness (QED) is 0.616. The zero-order valence-corrected chi connectivity index (χ0v) is 14.4. The van der Waals surface area contributed by atoms with Gasteiger partial charge in [-0.15, -0.1) is 0 Å². The zero-order valence-electron chi connectivity index (χ0n) is 13.7. The Balaban J connectivity index is 1.51. The average Bonchev–Trinajstić information content (AvgIpc) is 2.63. The number of hydrogen-bond donors (Lipinski definition) is 0. The summed E-state index contributed by atoms with van der Waals surface area (Å²) in [6.07, 6.45) is 7.50. The molecule has 2 aliphatic carbocycles.